The highest BCUT2D eigenvalue weighted by atomic mass is 16.5. The van der Waals surface area contributed by atoms with E-state index in [0.717, 1.165) is 61.6 Å². The van der Waals surface area contributed by atoms with Gasteiger partial charge in [-0.1, -0.05) is 18.6 Å². The average Bonchev–Trinajstić information content (AvgIpc) is 2.72. The van der Waals surface area contributed by atoms with E-state index >= 15 is 0 Å². The Morgan fingerprint density at radius 1 is 1.07 bits per heavy atom. The summed E-state index contributed by atoms with van der Waals surface area (Å²) in [4.78, 5) is 15.8. The number of rotatable bonds is 14. The molecule has 0 atom stereocenters. The van der Waals surface area contributed by atoms with Crippen molar-refractivity contribution in [2.75, 3.05) is 40.5 Å². The summed E-state index contributed by atoms with van der Waals surface area (Å²) >= 11 is 0. The second-order valence-electron chi connectivity index (χ2n) is 6.81. The molecule has 29 heavy (non-hydrogen) atoms. The Hall–Kier alpha value is -2.28. The maximum atomic E-state index is 11.1. The van der Waals surface area contributed by atoms with E-state index in [4.69, 9.17) is 14.5 Å². The number of ether oxygens (including phenoxy) is 3. The number of carbonyl (C=O) groups excluding carboxylic acids is 1. The van der Waals surface area contributed by atoms with Gasteiger partial charge in [0.2, 0.25) is 0 Å². The van der Waals surface area contributed by atoms with Crippen molar-refractivity contribution >= 4 is 11.9 Å². The third-order valence-electron chi connectivity index (χ3n) is 4.30. The first-order chi connectivity index (χ1) is 14.1. The molecule has 0 unspecified atom stereocenters. The predicted octanol–water partition coefficient (Wildman–Crippen LogP) is 3.20. The van der Waals surface area contributed by atoms with E-state index in [9.17, 15) is 4.79 Å². The van der Waals surface area contributed by atoms with Gasteiger partial charge in [-0.25, -0.2) is 4.99 Å². The van der Waals surface area contributed by atoms with Crippen LogP contribution in [0.4, 0.5) is 0 Å². The fourth-order valence-electron chi connectivity index (χ4n) is 2.70. The van der Waals surface area contributed by atoms with E-state index in [1.54, 1.807) is 7.11 Å². The number of guanidine groups is 1. The molecule has 0 bridgehead atoms. The quantitative estimate of drug-likeness (QED) is 0.213. The van der Waals surface area contributed by atoms with Crippen molar-refractivity contribution in [3.8, 4) is 5.75 Å². The Morgan fingerprint density at radius 2 is 1.90 bits per heavy atom. The molecule has 7 nitrogen and oxygen atoms in total. The lowest BCUT2D eigenvalue weighted by Gasteiger charge is -2.13. The van der Waals surface area contributed by atoms with Crippen LogP contribution in [0.3, 0.4) is 0 Å². The van der Waals surface area contributed by atoms with Crippen molar-refractivity contribution in [1.82, 2.24) is 10.6 Å². The van der Waals surface area contributed by atoms with Crippen LogP contribution in [0, 0.1) is 6.92 Å². The van der Waals surface area contributed by atoms with Crippen molar-refractivity contribution < 1.29 is 19.0 Å². The van der Waals surface area contributed by atoms with E-state index in [1.165, 1.54) is 7.11 Å². The number of carbonyl (C=O) groups is 1. The maximum absolute atomic E-state index is 11.1. The molecule has 0 fully saturated rings. The first-order valence-electron chi connectivity index (χ1n) is 10.4. The molecular formula is C22H37N3O4. The van der Waals surface area contributed by atoms with Crippen LogP contribution in [-0.4, -0.2) is 52.5 Å². The number of hydrogen-bond donors (Lipinski definition) is 2. The van der Waals surface area contributed by atoms with E-state index < -0.39 is 0 Å². The van der Waals surface area contributed by atoms with E-state index in [0.29, 0.717) is 26.2 Å². The maximum Gasteiger partial charge on any atom is 0.305 e. The zero-order valence-corrected chi connectivity index (χ0v) is 18.4. The van der Waals surface area contributed by atoms with Gasteiger partial charge in [0, 0.05) is 45.2 Å². The van der Waals surface area contributed by atoms with Crippen LogP contribution >= 0.6 is 0 Å². The van der Waals surface area contributed by atoms with Gasteiger partial charge in [0.1, 0.15) is 5.75 Å². The molecule has 0 saturated carbocycles. The number of methoxy groups -OCH3 is 2. The molecule has 0 saturated heterocycles. The highest BCUT2D eigenvalue weighted by Gasteiger charge is 2.06. The molecule has 0 amide bonds. The SMILES string of the molecule is CCNC(=NCc1ccc(C)cc1OCCCOC)NCCCCCC(=O)OC. The Morgan fingerprint density at radius 3 is 2.62 bits per heavy atom. The number of nitrogens with zero attached hydrogens (tertiary/aromatic N) is 1. The van der Waals surface area contributed by atoms with Gasteiger partial charge in [-0.15, -0.1) is 0 Å². The zero-order valence-electron chi connectivity index (χ0n) is 18.4. The number of unbranched alkanes of at least 4 members (excludes halogenated alkanes) is 2. The minimum absolute atomic E-state index is 0.147. The lowest BCUT2D eigenvalue weighted by molar-refractivity contribution is -0.140. The van der Waals surface area contributed by atoms with E-state index in [2.05, 4.69) is 40.5 Å². The Kier molecular flexibility index (Phi) is 13.3. The first-order valence-corrected chi connectivity index (χ1v) is 10.4. The lowest BCUT2D eigenvalue weighted by atomic mass is 10.1. The van der Waals surface area contributed by atoms with Crippen LogP contribution in [-0.2, 0) is 20.8 Å². The van der Waals surface area contributed by atoms with Gasteiger partial charge in [-0.05, 0) is 38.3 Å². The fourth-order valence-corrected chi connectivity index (χ4v) is 2.70. The standard InChI is InChI=1S/C22H37N3O4/c1-5-23-22(24-13-8-6-7-10-21(26)28-4)25-17-19-12-11-18(2)16-20(19)29-15-9-14-27-3/h11-12,16H,5-10,13-15,17H2,1-4H3,(H2,23,24,25). The van der Waals surface area contributed by atoms with Gasteiger partial charge in [-0.3, -0.25) is 4.79 Å². The van der Waals surface area contributed by atoms with Crippen LogP contribution in [0.1, 0.15) is 50.2 Å². The molecule has 1 rings (SSSR count). The highest BCUT2D eigenvalue weighted by molar-refractivity contribution is 5.79. The van der Waals surface area contributed by atoms with E-state index in [1.807, 2.05) is 6.92 Å². The minimum atomic E-state index is -0.147. The molecule has 0 spiro atoms. The molecule has 164 valence electrons. The smallest absolute Gasteiger partial charge is 0.305 e. The van der Waals surface area contributed by atoms with Crippen LogP contribution < -0.4 is 15.4 Å². The predicted molar refractivity (Wildman–Crippen MR) is 116 cm³/mol. The Labute approximate surface area is 175 Å². The molecule has 1 aromatic rings. The topological polar surface area (TPSA) is 81.2 Å². The van der Waals surface area contributed by atoms with Crippen LogP contribution in [0.2, 0.25) is 0 Å². The summed E-state index contributed by atoms with van der Waals surface area (Å²) in [6, 6.07) is 6.20. The molecule has 0 aromatic heterocycles. The van der Waals surface area contributed by atoms with Crippen molar-refractivity contribution in [1.29, 1.82) is 0 Å². The Bertz CT molecular complexity index is 620. The van der Waals surface area contributed by atoms with E-state index in [-0.39, 0.29) is 5.97 Å². The molecule has 0 heterocycles. The monoisotopic (exact) mass is 407 g/mol. The van der Waals surface area contributed by atoms with Gasteiger partial charge < -0.3 is 24.8 Å². The number of aliphatic imine (C=N–C) groups is 1. The molecule has 0 aliphatic rings. The summed E-state index contributed by atoms with van der Waals surface area (Å²) in [5.74, 6) is 1.51. The summed E-state index contributed by atoms with van der Waals surface area (Å²) in [5, 5.41) is 6.62. The van der Waals surface area contributed by atoms with Crippen molar-refractivity contribution in [2.24, 2.45) is 4.99 Å². The van der Waals surface area contributed by atoms with Crippen LogP contribution in [0.25, 0.3) is 0 Å². The van der Waals surface area contributed by atoms with Gasteiger partial charge in [0.25, 0.3) is 0 Å². The molecule has 7 heteroatoms. The zero-order chi connectivity index (χ0) is 21.3. The summed E-state index contributed by atoms with van der Waals surface area (Å²) in [6.45, 7) is 7.55. The number of hydrogen-bond acceptors (Lipinski definition) is 5. The van der Waals surface area contributed by atoms with Crippen molar-refractivity contribution in [2.45, 2.75) is 52.5 Å². The van der Waals surface area contributed by atoms with Crippen LogP contribution in [0.5, 0.6) is 5.75 Å². The Balaban J connectivity index is 2.53. The molecule has 0 radical (unpaired) electrons. The van der Waals surface area contributed by atoms with Gasteiger partial charge in [0.05, 0.1) is 20.3 Å². The van der Waals surface area contributed by atoms with Crippen molar-refractivity contribution in [3.63, 3.8) is 0 Å². The van der Waals surface area contributed by atoms with Gasteiger partial charge in [0.15, 0.2) is 5.96 Å². The fraction of sp³-hybridized carbons (Fsp3) is 0.636. The van der Waals surface area contributed by atoms with Crippen LogP contribution in [0.15, 0.2) is 23.2 Å². The number of aryl methyl sites for hydroxylation is 1. The highest BCUT2D eigenvalue weighted by Crippen LogP contribution is 2.21. The van der Waals surface area contributed by atoms with Gasteiger partial charge >= 0.3 is 5.97 Å². The average molecular weight is 408 g/mol. The first kappa shape index (κ1) is 24.8. The number of nitrogens with one attached hydrogen (secondary N) is 2. The van der Waals surface area contributed by atoms with Gasteiger partial charge in [-0.2, -0.15) is 0 Å². The molecule has 1 aromatic carbocycles. The molecule has 0 aliphatic carbocycles. The molecule has 0 aliphatic heterocycles. The minimum Gasteiger partial charge on any atom is -0.493 e. The molecule has 2 N–H and O–H groups in total. The third-order valence-corrected chi connectivity index (χ3v) is 4.30. The summed E-state index contributed by atoms with van der Waals surface area (Å²) in [6.07, 6.45) is 4.12. The largest absolute Gasteiger partial charge is 0.493 e. The second-order valence-corrected chi connectivity index (χ2v) is 6.81. The summed E-state index contributed by atoms with van der Waals surface area (Å²) < 4.78 is 15.7. The second kappa shape index (κ2) is 15.6. The third kappa shape index (κ3) is 11.3. The summed E-state index contributed by atoms with van der Waals surface area (Å²) in [5.41, 5.74) is 2.22. The normalized spacial score (nSPS) is 11.2. The number of benzene rings is 1. The summed E-state index contributed by atoms with van der Waals surface area (Å²) in [7, 11) is 3.12. The number of esters is 1. The van der Waals surface area contributed by atoms with Crippen molar-refractivity contribution in [3.05, 3.63) is 29.3 Å². The molecular weight excluding hydrogens is 370 g/mol. The lowest BCUT2D eigenvalue weighted by Crippen LogP contribution is -2.37.